The van der Waals surface area contributed by atoms with Crippen LogP contribution < -0.4 is 4.72 Å². The minimum Gasteiger partial charge on any atom is -0.391 e. The first-order valence-corrected chi connectivity index (χ1v) is 8.08. The van der Waals surface area contributed by atoms with Crippen molar-refractivity contribution in [2.24, 2.45) is 0 Å². The first-order chi connectivity index (χ1) is 8.92. The molecule has 0 saturated carbocycles. The zero-order valence-electron chi connectivity index (χ0n) is 10.1. The van der Waals surface area contributed by atoms with Crippen LogP contribution in [0.3, 0.4) is 0 Å². The number of aryl methyl sites for hydroxylation is 1. The summed E-state index contributed by atoms with van der Waals surface area (Å²) in [7, 11) is -3.66. The third-order valence-electron chi connectivity index (χ3n) is 2.45. The van der Waals surface area contributed by atoms with Crippen LogP contribution in [0.2, 0.25) is 5.02 Å². The van der Waals surface area contributed by atoms with E-state index in [0.29, 0.717) is 20.5 Å². The van der Waals surface area contributed by atoms with Gasteiger partial charge in [-0.2, -0.15) is 0 Å². The minimum atomic E-state index is -3.66. The Balaban J connectivity index is 2.34. The van der Waals surface area contributed by atoms with Gasteiger partial charge in [0.25, 0.3) is 10.0 Å². The molecule has 1 heterocycles. The van der Waals surface area contributed by atoms with Crippen molar-refractivity contribution in [2.45, 2.75) is 18.4 Å². The highest BCUT2D eigenvalue weighted by Crippen LogP contribution is 2.27. The van der Waals surface area contributed by atoms with Gasteiger partial charge in [-0.05, 0) is 31.2 Å². The molecule has 0 aliphatic heterocycles. The number of nitrogens with one attached hydrogen (secondary N) is 1. The molecule has 0 aliphatic carbocycles. The summed E-state index contributed by atoms with van der Waals surface area (Å²) in [5.41, 5.74) is 0.406. The first-order valence-electron chi connectivity index (χ1n) is 5.41. The molecule has 2 N–H and O–H groups in total. The highest BCUT2D eigenvalue weighted by Gasteiger charge is 2.19. The maximum Gasteiger partial charge on any atom is 0.263 e. The SMILES string of the molecule is Cc1sc(CO)cc1S(=O)(=O)Nc1cccc(Cl)c1. The summed E-state index contributed by atoms with van der Waals surface area (Å²) >= 11 is 7.07. The van der Waals surface area contributed by atoms with E-state index < -0.39 is 10.0 Å². The lowest BCUT2D eigenvalue weighted by molar-refractivity contribution is 0.285. The average Bonchev–Trinajstić information content (AvgIpc) is 2.71. The van der Waals surface area contributed by atoms with E-state index in [1.807, 2.05) is 0 Å². The van der Waals surface area contributed by atoms with Crippen molar-refractivity contribution in [1.82, 2.24) is 0 Å². The quantitative estimate of drug-likeness (QED) is 0.911. The number of anilines is 1. The maximum absolute atomic E-state index is 12.2. The van der Waals surface area contributed by atoms with Crippen molar-refractivity contribution in [3.8, 4) is 0 Å². The summed E-state index contributed by atoms with van der Waals surface area (Å²) in [6.07, 6.45) is 0. The summed E-state index contributed by atoms with van der Waals surface area (Å²) in [5.74, 6) is 0. The Morgan fingerprint density at radius 3 is 2.68 bits per heavy atom. The molecule has 0 bridgehead atoms. The monoisotopic (exact) mass is 317 g/mol. The highest BCUT2D eigenvalue weighted by atomic mass is 35.5. The predicted octanol–water partition coefficient (Wildman–Crippen LogP) is 3.00. The smallest absolute Gasteiger partial charge is 0.263 e. The lowest BCUT2D eigenvalue weighted by Crippen LogP contribution is -2.13. The number of thiophene rings is 1. The Hall–Kier alpha value is -1.08. The van der Waals surface area contributed by atoms with E-state index in [4.69, 9.17) is 16.7 Å². The fraction of sp³-hybridized carbons (Fsp3) is 0.167. The van der Waals surface area contributed by atoms with Crippen molar-refractivity contribution in [3.63, 3.8) is 0 Å². The normalized spacial score (nSPS) is 11.5. The van der Waals surface area contributed by atoms with E-state index >= 15 is 0 Å². The van der Waals surface area contributed by atoms with Gasteiger partial charge in [-0.1, -0.05) is 17.7 Å². The highest BCUT2D eigenvalue weighted by molar-refractivity contribution is 7.93. The minimum absolute atomic E-state index is 0.168. The Morgan fingerprint density at radius 2 is 2.11 bits per heavy atom. The van der Waals surface area contributed by atoms with Gasteiger partial charge in [0.05, 0.1) is 12.3 Å². The summed E-state index contributed by atoms with van der Waals surface area (Å²) in [6.45, 7) is 1.54. The van der Waals surface area contributed by atoms with Gasteiger partial charge in [0.1, 0.15) is 4.90 Å². The van der Waals surface area contributed by atoms with Gasteiger partial charge < -0.3 is 5.11 Å². The van der Waals surface area contributed by atoms with E-state index in [0.717, 1.165) is 0 Å². The van der Waals surface area contributed by atoms with Crippen molar-refractivity contribution in [1.29, 1.82) is 0 Å². The zero-order valence-corrected chi connectivity index (χ0v) is 12.4. The molecule has 1 aromatic heterocycles. The maximum atomic E-state index is 12.2. The molecule has 0 aliphatic rings. The van der Waals surface area contributed by atoms with Gasteiger partial charge in [-0.3, -0.25) is 4.72 Å². The molecule has 4 nitrogen and oxygen atoms in total. The Kier molecular flexibility index (Phi) is 4.15. The number of aliphatic hydroxyl groups is 1. The molecule has 102 valence electrons. The Bertz CT molecular complexity index is 695. The number of rotatable bonds is 4. The van der Waals surface area contributed by atoms with Crippen LogP contribution in [0.25, 0.3) is 0 Å². The van der Waals surface area contributed by atoms with Crippen molar-refractivity contribution in [3.05, 3.63) is 45.1 Å². The summed E-state index contributed by atoms with van der Waals surface area (Å²) < 4.78 is 26.9. The molecular formula is C12H12ClNO3S2. The fourth-order valence-corrected chi connectivity index (χ4v) is 4.37. The second kappa shape index (κ2) is 5.50. The Labute approximate surface area is 120 Å². The second-order valence-corrected chi connectivity index (χ2v) is 7.34. The molecule has 7 heteroatoms. The lowest BCUT2D eigenvalue weighted by atomic mass is 10.3. The van der Waals surface area contributed by atoms with Crippen molar-refractivity contribution < 1.29 is 13.5 Å². The third kappa shape index (κ3) is 3.27. The van der Waals surface area contributed by atoms with E-state index in [9.17, 15) is 8.42 Å². The first kappa shape index (κ1) is 14.3. The summed E-state index contributed by atoms with van der Waals surface area (Å²) in [6, 6.07) is 7.97. The number of hydrogen-bond acceptors (Lipinski definition) is 4. The molecule has 0 radical (unpaired) electrons. The molecule has 0 fully saturated rings. The van der Waals surface area contributed by atoms with E-state index in [2.05, 4.69) is 4.72 Å². The number of aliphatic hydroxyl groups excluding tert-OH is 1. The topological polar surface area (TPSA) is 66.4 Å². The molecule has 0 unspecified atom stereocenters. The van der Waals surface area contributed by atoms with Crippen LogP contribution in [0, 0.1) is 6.92 Å². The van der Waals surface area contributed by atoms with Crippen LogP contribution in [-0.4, -0.2) is 13.5 Å². The molecule has 0 saturated heterocycles. The van der Waals surface area contributed by atoms with Gasteiger partial charge >= 0.3 is 0 Å². The number of halogens is 1. The van der Waals surface area contributed by atoms with Gasteiger partial charge in [0, 0.05) is 14.8 Å². The molecular weight excluding hydrogens is 306 g/mol. The van der Waals surface area contributed by atoms with E-state index in [1.54, 1.807) is 25.1 Å². The van der Waals surface area contributed by atoms with Gasteiger partial charge in [-0.25, -0.2) is 8.42 Å². The van der Waals surface area contributed by atoms with Crippen LogP contribution in [-0.2, 0) is 16.6 Å². The summed E-state index contributed by atoms with van der Waals surface area (Å²) in [4.78, 5) is 1.43. The van der Waals surface area contributed by atoms with Gasteiger partial charge in [-0.15, -0.1) is 11.3 Å². The van der Waals surface area contributed by atoms with Crippen LogP contribution in [0.15, 0.2) is 35.2 Å². The molecule has 19 heavy (non-hydrogen) atoms. The van der Waals surface area contributed by atoms with E-state index in [1.165, 1.54) is 23.5 Å². The number of sulfonamides is 1. The van der Waals surface area contributed by atoms with Crippen LogP contribution in [0.5, 0.6) is 0 Å². The standard InChI is InChI=1S/C12H12ClNO3S2/c1-8-12(6-11(7-15)18-8)19(16,17)14-10-4-2-3-9(13)5-10/h2-6,14-15H,7H2,1H3. The lowest BCUT2D eigenvalue weighted by Gasteiger charge is -2.07. The molecule has 0 amide bonds. The second-order valence-electron chi connectivity index (χ2n) is 3.91. The van der Waals surface area contributed by atoms with Crippen LogP contribution in [0.4, 0.5) is 5.69 Å². The molecule has 0 spiro atoms. The Morgan fingerprint density at radius 1 is 1.37 bits per heavy atom. The molecule has 0 atom stereocenters. The van der Waals surface area contributed by atoms with Crippen molar-refractivity contribution >= 4 is 38.6 Å². The predicted molar refractivity (Wildman–Crippen MR) is 77.2 cm³/mol. The fourth-order valence-electron chi connectivity index (χ4n) is 1.63. The summed E-state index contributed by atoms with van der Waals surface area (Å²) in [5, 5.41) is 9.50. The van der Waals surface area contributed by atoms with Gasteiger partial charge in [0.15, 0.2) is 0 Å². The van der Waals surface area contributed by atoms with Crippen LogP contribution >= 0.6 is 22.9 Å². The van der Waals surface area contributed by atoms with Crippen molar-refractivity contribution in [2.75, 3.05) is 4.72 Å². The largest absolute Gasteiger partial charge is 0.391 e. The number of hydrogen-bond donors (Lipinski definition) is 2. The molecule has 1 aromatic carbocycles. The van der Waals surface area contributed by atoms with Crippen LogP contribution in [0.1, 0.15) is 9.75 Å². The van der Waals surface area contributed by atoms with E-state index in [-0.39, 0.29) is 11.5 Å². The average molecular weight is 318 g/mol. The molecule has 2 aromatic rings. The zero-order chi connectivity index (χ0) is 14.0. The third-order valence-corrected chi connectivity index (χ3v) is 5.35. The molecule has 2 rings (SSSR count). The van der Waals surface area contributed by atoms with Gasteiger partial charge in [0.2, 0.25) is 0 Å². The number of benzene rings is 1.